The summed E-state index contributed by atoms with van der Waals surface area (Å²) in [6.45, 7) is 8.41. The highest BCUT2D eigenvalue weighted by molar-refractivity contribution is 6.32. The Morgan fingerprint density at radius 2 is 1.60 bits per heavy atom. The molecule has 0 saturated carbocycles. The summed E-state index contributed by atoms with van der Waals surface area (Å²) < 4.78 is 42.2. The largest absolute Gasteiger partial charge is 0.507 e. The van der Waals surface area contributed by atoms with Gasteiger partial charge in [-0.3, -0.25) is 53.7 Å². The van der Waals surface area contributed by atoms with Gasteiger partial charge in [-0.25, -0.2) is 4.79 Å². The molecule has 5 heterocycles. The fourth-order valence-corrected chi connectivity index (χ4v) is 13.3. The summed E-state index contributed by atoms with van der Waals surface area (Å²) in [5, 5.41) is 54.8. The van der Waals surface area contributed by atoms with E-state index in [0.717, 1.165) is 4.90 Å². The molecule has 90 heavy (non-hydrogen) atoms. The summed E-state index contributed by atoms with van der Waals surface area (Å²) in [5.41, 5.74) is -1.84. The van der Waals surface area contributed by atoms with E-state index in [9.17, 15) is 59.1 Å². The van der Waals surface area contributed by atoms with E-state index in [0.29, 0.717) is 69.6 Å². The van der Waals surface area contributed by atoms with Gasteiger partial charge in [-0.15, -0.1) is 0 Å². The second kappa shape index (κ2) is 27.4. The van der Waals surface area contributed by atoms with Crippen LogP contribution in [-0.4, -0.2) is 209 Å². The molecule has 7 aliphatic rings. The van der Waals surface area contributed by atoms with Crippen LogP contribution in [0.4, 0.5) is 10.5 Å². The predicted molar refractivity (Wildman–Crippen MR) is 320 cm³/mol. The van der Waals surface area contributed by atoms with E-state index < -0.39 is 96.1 Å². The molecule has 3 aromatic rings. The van der Waals surface area contributed by atoms with E-state index in [1.807, 2.05) is 11.8 Å². The summed E-state index contributed by atoms with van der Waals surface area (Å²) in [7, 11) is 4.69. The lowest BCUT2D eigenvalue weighted by molar-refractivity contribution is -0.256. The third-order valence-corrected chi connectivity index (χ3v) is 18.3. The van der Waals surface area contributed by atoms with Gasteiger partial charge in [0.1, 0.15) is 47.6 Å². The van der Waals surface area contributed by atoms with Crippen molar-refractivity contribution in [2.45, 2.75) is 159 Å². The number of Topliss-reactive ketones (excluding diaryl/α,β-unsaturated/α-hetero) is 1. The number of phenols is 2. The van der Waals surface area contributed by atoms with Crippen LogP contribution in [0, 0.1) is 11.3 Å². The van der Waals surface area contributed by atoms with Gasteiger partial charge in [0.2, 0.25) is 17.7 Å². The van der Waals surface area contributed by atoms with Gasteiger partial charge in [0, 0.05) is 106 Å². The number of carbonyl (C=O) groups is 8. The number of aromatic hydroxyl groups is 2. The Morgan fingerprint density at radius 3 is 2.29 bits per heavy atom. The van der Waals surface area contributed by atoms with Crippen LogP contribution in [0.1, 0.15) is 129 Å². The van der Waals surface area contributed by atoms with Gasteiger partial charge in [-0.2, -0.15) is 0 Å². The number of rotatable bonds is 22. The minimum Gasteiger partial charge on any atom is -0.507 e. The Bertz CT molecular complexity index is 3310. The number of anilines is 1. The third-order valence-electron chi connectivity index (χ3n) is 18.3. The van der Waals surface area contributed by atoms with E-state index in [2.05, 4.69) is 20.9 Å². The number of imide groups is 1. The van der Waals surface area contributed by atoms with E-state index in [1.165, 1.54) is 32.3 Å². The molecular formula is C64H80N8O18. The van der Waals surface area contributed by atoms with Crippen molar-refractivity contribution in [2.24, 2.45) is 5.92 Å². The maximum Gasteiger partial charge on any atom is 0.410 e. The lowest BCUT2D eigenvalue weighted by Crippen LogP contribution is -2.55. The van der Waals surface area contributed by atoms with E-state index in [4.69, 9.17) is 33.2 Å². The lowest BCUT2D eigenvalue weighted by Gasteiger charge is -2.44. The van der Waals surface area contributed by atoms with Crippen LogP contribution in [0.5, 0.6) is 17.2 Å². The minimum absolute atomic E-state index is 0.0175. The summed E-state index contributed by atoms with van der Waals surface area (Å²) in [6, 6.07) is 9.02. The molecule has 6 amide bonds. The normalized spacial score (nSPS) is 25.5. The Morgan fingerprint density at radius 1 is 0.878 bits per heavy atom. The van der Waals surface area contributed by atoms with Crippen molar-refractivity contribution < 1.29 is 86.8 Å². The summed E-state index contributed by atoms with van der Waals surface area (Å²) in [6.07, 6.45) is -0.303. The van der Waals surface area contributed by atoms with Crippen LogP contribution in [0.3, 0.4) is 0 Å². The number of aliphatic hydroxyl groups is 1. The van der Waals surface area contributed by atoms with Crippen molar-refractivity contribution in [3.05, 3.63) is 93.6 Å². The molecular weight excluding hydrogens is 1170 g/mol. The van der Waals surface area contributed by atoms with Crippen molar-refractivity contribution in [1.82, 2.24) is 30.2 Å². The van der Waals surface area contributed by atoms with Gasteiger partial charge in [-0.1, -0.05) is 44.5 Å². The number of morpholine rings is 1. The number of amides is 6. The molecule has 0 bridgehead atoms. The van der Waals surface area contributed by atoms with Crippen LogP contribution in [0.2, 0.25) is 0 Å². The van der Waals surface area contributed by atoms with Gasteiger partial charge >= 0.3 is 6.09 Å². The summed E-state index contributed by atoms with van der Waals surface area (Å²) >= 11 is 0. The predicted octanol–water partition coefficient (Wildman–Crippen LogP) is 3.71. The van der Waals surface area contributed by atoms with Crippen LogP contribution in [-0.2, 0) is 70.2 Å². The molecule has 0 aromatic heterocycles. The molecule has 0 spiro atoms. The molecule has 2 unspecified atom stereocenters. The first-order valence-electron chi connectivity index (χ1n) is 30.7. The molecule has 2 aliphatic carbocycles. The summed E-state index contributed by atoms with van der Waals surface area (Å²) in [5.74, 6) is -4.55. The Hall–Kier alpha value is -7.69. The van der Waals surface area contributed by atoms with Crippen molar-refractivity contribution >= 4 is 58.6 Å². The van der Waals surface area contributed by atoms with Gasteiger partial charge < -0.3 is 69.3 Å². The van der Waals surface area contributed by atoms with Gasteiger partial charge in [-0.05, 0) is 76.3 Å². The van der Waals surface area contributed by atoms with Crippen molar-refractivity contribution in [2.75, 3.05) is 65.9 Å². The number of nitrogens with one attached hydrogen (secondary N) is 4. The summed E-state index contributed by atoms with van der Waals surface area (Å²) in [4.78, 5) is 112. The number of phenolic OH excluding ortho intramolecular Hbond substituents is 2. The molecule has 3 aromatic carbocycles. The average molecular weight is 1250 g/mol. The topological polar surface area (TPSA) is 335 Å². The Labute approximate surface area is 520 Å². The average Bonchev–Trinajstić information content (AvgIpc) is 0.825. The first-order valence-corrected chi connectivity index (χ1v) is 30.7. The zero-order valence-corrected chi connectivity index (χ0v) is 51.6. The second-order valence-corrected chi connectivity index (χ2v) is 24.5. The van der Waals surface area contributed by atoms with Crippen molar-refractivity contribution in [3.63, 3.8) is 0 Å². The number of likely N-dealkylation sites (tertiary alicyclic amines) is 1. The van der Waals surface area contributed by atoms with Crippen molar-refractivity contribution in [3.8, 4) is 17.2 Å². The molecule has 5 aliphatic heterocycles. The maximum atomic E-state index is 14.7. The van der Waals surface area contributed by atoms with Gasteiger partial charge in [0.05, 0.1) is 54.9 Å². The molecule has 26 heteroatoms. The highest BCUT2D eigenvalue weighted by Crippen LogP contribution is 2.53. The fraction of sp³-hybridized carbons (Fsp3) is 0.547. The maximum absolute atomic E-state index is 14.7. The Balaban J connectivity index is 0.719. The Kier molecular flexibility index (Phi) is 19.9. The fourth-order valence-electron chi connectivity index (χ4n) is 13.3. The highest BCUT2D eigenvalue weighted by atomic mass is 16.7. The molecule has 10 rings (SSSR count). The minimum atomic E-state index is -2.20. The molecule has 4 fully saturated rings. The number of unbranched alkanes of at least 4 members (excludes halogenated alkanes) is 2. The highest BCUT2D eigenvalue weighted by Gasteiger charge is 2.55. The van der Waals surface area contributed by atoms with Crippen LogP contribution in [0.25, 0.3) is 0 Å². The molecule has 26 nitrogen and oxygen atoms in total. The quantitative estimate of drug-likeness (QED) is 0.0335. The number of carbonyl (C=O) groups excluding carboxylic acids is 8. The van der Waals surface area contributed by atoms with Gasteiger partial charge in [0.15, 0.2) is 30.4 Å². The first kappa shape index (κ1) is 65.3. The smallest absolute Gasteiger partial charge is 0.410 e. The van der Waals surface area contributed by atoms with E-state index in [1.54, 1.807) is 69.3 Å². The zero-order valence-electron chi connectivity index (χ0n) is 51.6. The molecule has 484 valence electrons. The number of nitrogens with zero attached hydrogens (tertiary/aromatic N) is 4. The molecule has 10 atom stereocenters. The van der Waals surface area contributed by atoms with E-state index >= 15 is 0 Å². The molecule has 4 saturated heterocycles. The first-order chi connectivity index (χ1) is 43.0. The standard InChI is InChI=1S/C64H80N8O18/c1-33(2)54(68-45(74)14-9-8-10-23-72-46(75)19-20-47(72)76)60(81)66-34(3)59(80)67-37-17-15-36(16-18-37)32-87-63(82)70-24-21-38(22-25-70)69(5)31-44(73)64(83)29-40-50(57(79)51-52(56(40)78)55(77)39-12-11-13-42(84-6)49(39)53(51)65)43(30-64)89-48-28-41-58(35(4)88-48)90-61-62(85-7)86-27-26-71(41)61/h11-13,15-20,33-35,38,41,43,48,54,58,61-62,65,78-79,83H,8-10,14,21-32H2,1-7H3,(H,66,81)(H,67,80)(H,68,74)/t34?,35-,41-,43-,48-,54?,58+,61+,62-,64-/m0/s1. The van der Waals surface area contributed by atoms with Gasteiger partial charge in [0.25, 0.3) is 11.8 Å². The number of ether oxygens (including phenoxy) is 7. The SMILES string of the molecule is COc1cccc2c1C(=N)c1c(O)c3c(c(O)c1C2=O)C[C@@](O)(C(=O)CN(C)C1CCN(C(=O)OCc2ccc(NC(=O)C(C)NC(=O)C(NC(=O)CCCCCN4C(=O)C=CC4=O)C(C)C)cc2)CC1)C[C@@H]3O[C@H]1C[C@H]2[C@H](O[C@@H]3[C@@H](OC)OCCN32)[C@H](C)O1. The number of piperidine rings is 1. The monoisotopic (exact) mass is 1250 g/mol. The van der Waals surface area contributed by atoms with Crippen LogP contribution >= 0.6 is 0 Å². The third kappa shape index (κ3) is 13.4. The molecule has 0 radical (unpaired) electrons. The zero-order chi connectivity index (χ0) is 64.5. The van der Waals surface area contributed by atoms with Crippen molar-refractivity contribution in [1.29, 1.82) is 5.41 Å². The molecule has 7 N–H and O–H groups in total. The number of methoxy groups -OCH3 is 2. The number of ketones is 2. The number of hydrogen-bond donors (Lipinski definition) is 7. The van der Waals surface area contributed by atoms with Crippen LogP contribution in [0.15, 0.2) is 54.6 Å². The van der Waals surface area contributed by atoms with Crippen LogP contribution < -0.4 is 20.7 Å². The van der Waals surface area contributed by atoms with E-state index in [-0.39, 0.29) is 126 Å². The lowest BCUT2D eigenvalue weighted by atomic mass is 9.71. The second-order valence-electron chi connectivity index (χ2n) is 24.5. The number of hydrogen-bond acceptors (Lipinski definition) is 21. The number of benzene rings is 3. The number of likely N-dealkylation sites (N-methyl/N-ethyl adjacent to an activating group) is 1. The number of fused-ring (bicyclic) bond motifs is 6.